The van der Waals surface area contributed by atoms with Gasteiger partial charge in [-0.25, -0.2) is 13.2 Å². The van der Waals surface area contributed by atoms with Gasteiger partial charge in [0.1, 0.15) is 17.5 Å². The van der Waals surface area contributed by atoms with Crippen molar-refractivity contribution in [3.8, 4) is 0 Å². The average Bonchev–Trinajstić information content (AvgIpc) is 2.18. The number of carbonyl (C=O) groups excluding carboxylic acids is 1. The fourth-order valence-corrected chi connectivity index (χ4v) is 1.41. The first-order chi connectivity index (χ1) is 7.11. The van der Waals surface area contributed by atoms with Crippen molar-refractivity contribution in [2.24, 2.45) is 0 Å². The zero-order valence-electron chi connectivity index (χ0n) is 7.43. The van der Waals surface area contributed by atoms with E-state index in [1.165, 1.54) is 0 Å². The van der Waals surface area contributed by atoms with E-state index in [0.29, 0.717) is 12.4 Å². The Morgan fingerprint density at radius 3 is 2.33 bits per heavy atom. The maximum absolute atomic E-state index is 13.2. The van der Waals surface area contributed by atoms with Crippen LogP contribution in [0.1, 0.15) is 10.4 Å². The molecule has 0 aromatic heterocycles. The molecule has 0 aliphatic heterocycles. The Kier molecular flexibility index (Phi) is 2.19. The summed E-state index contributed by atoms with van der Waals surface area (Å²) in [6.07, 6.45) is 0.303. The van der Waals surface area contributed by atoms with Crippen molar-refractivity contribution in [2.45, 2.75) is 0 Å². The molecule has 0 N–H and O–H groups in total. The standard InChI is InChI=1S/C11H5F3O/c12-8-2-6-1-7(5-15)10(13)4-9(6)11(14)3-8/h1-5H. The first kappa shape index (κ1) is 9.71. The predicted molar refractivity (Wildman–Crippen MR) is 49.2 cm³/mol. The van der Waals surface area contributed by atoms with Crippen molar-refractivity contribution in [2.75, 3.05) is 0 Å². The van der Waals surface area contributed by atoms with Gasteiger partial charge in [-0.15, -0.1) is 0 Å². The van der Waals surface area contributed by atoms with E-state index in [9.17, 15) is 18.0 Å². The van der Waals surface area contributed by atoms with Crippen molar-refractivity contribution >= 4 is 17.1 Å². The van der Waals surface area contributed by atoms with E-state index < -0.39 is 17.5 Å². The quantitative estimate of drug-likeness (QED) is 0.661. The molecule has 0 saturated carbocycles. The van der Waals surface area contributed by atoms with Gasteiger partial charge in [0.05, 0.1) is 5.56 Å². The highest BCUT2D eigenvalue weighted by atomic mass is 19.1. The molecule has 15 heavy (non-hydrogen) atoms. The molecule has 2 rings (SSSR count). The van der Waals surface area contributed by atoms with Gasteiger partial charge in [0.15, 0.2) is 6.29 Å². The molecule has 0 spiro atoms. The second kappa shape index (κ2) is 3.38. The Labute approximate surface area is 83.1 Å². The number of carbonyl (C=O) groups is 1. The molecule has 76 valence electrons. The number of aldehydes is 1. The topological polar surface area (TPSA) is 17.1 Å². The van der Waals surface area contributed by atoms with E-state index in [0.717, 1.165) is 18.2 Å². The lowest BCUT2D eigenvalue weighted by Gasteiger charge is -2.02. The molecule has 1 nitrogen and oxygen atoms in total. The van der Waals surface area contributed by atoms with Gasteiger partial charge in [0.2, 0.25) is 0 Å². The molecule has 0 heterocycles. The SMILES string of the molecule is O=Cc1cc2cc(F)cc(F)c2cc1F. The molecule has 2 aromatic carbocycles. The normalized spacial score (nSPS) is 10.6. The molecule has 4 heteroatoms. The van der Waals surface area contributed by atoms with Crippen LogP contribution in [0, 0.1) is 17.5 Å². The predicted octanol–water partition coefficient (Wildman–Crippen LogP) is 3.07. The van der Waals surface area contributed by atoms with E-state index in [-0.39, 0.29) is 16.3 Å². The van der Waals surface area contributed by atoms with Crippen molar-refractivity contribution in [3.05, 3.63) is 47.3 Å². The molecule has 0 aliphatic rings. The highest BCUT2D eigenvalue weighted by Crippen LogP contribution is 2.22. The van der Waals surface area contributed by atoms with Crippen LogP contribution in [-0.2, 0) is 0 Å². The van der Waals surface area contributed by atoms with Crippen LogP contribution in [0.4, 0.5) is 13.2 Å². The van der Waals surface area contributed by atoms with Crippen molar-refractivity contribution < 1.29 is 18.0 Å². The molecule has 0 radical (unpaired) electrons. The van der Waals surface area contributed by atoms with Gasteiger partial charge >= 0.3 is 0 Å². The molecular formula is C11H5F3O. The van der Waals surface area contributed by atoms with E-state index in [1.54, 1.807) is 0 Å². The molecular weight excluding hydrogens is 205 g/mol. The summed E-state index contributed by atoms with van der Waals surface area (Å²) in [7, 11) is 0. The zero-order chi connectivity index (χ0) is 11.0. The highest BCUT2D eigenvalue weighted by molar-refractivity contribution is 5.89. The lowest BCUT2D eigenvalue weighted by Crippen LogP contribution is -1.91. The molecule has 0 saturated heterocycles. The third kappa shape index (κ3) is 1.58. The van der Waals surface area contributed by atoms with Crippen LogP contribution in [0.3, 0.4) is 0 Å². The fourth-order valence-electron chi connectivity index (χ4n) is 1.41. The largest absolute Gasteiger partial charge is 0.298 e. The van der Waals surface area contributed by atoms with Crippen LogP contribution >= 0.6 is 0 Å². The third-order valence-electron chi connectivity index (χ3n) is 2.11. The first-order valence-corrected chi connectivity index (χ1v) is 4.15. The van der Waals surface area contributed by atoms with Gasteiger partial charge in [0.25, 0.3) is 0 Å². The van der Waals surface area contributed by atoms with Crippen LogP contribution in [0.15, 0.2) is 24.3 Å². The molecule has 0 amide bonds. The third-order valence-corrected chi connectivity index (χ3v) is 2.11. The Morgan fingerprint density at radius 2 is 1.67 bits per heavy atom. The summed E-state index contributed by atoms with van der Waals surface area (Å²) in [5, 5.41) is 0.121. The van der Waals surface area contributed by atoms with Gasteiger partial charge in [-0.05, 0) is 23.6 Å². The Bertz CT molecular complexity index is 549. The maximum Gasteiger partial charge on any atom is 0.153 e. The van der Waals surface area contributed by atoms with Crippen molar-refractivity contribution in [3.63, 3.8) is 0 Å². The summed E-state index contributed by atoms with van der Waals surface area (Å²) in [6, 6.07) is 3.71. The second-order valence-corrected chi connectivity index (χ2v) is 3.10. The highest BCUT2D eigenvalue weighted by Gasteiger charge is 2.08. The lowest BCUT2D eigenvalue weighted by molar-refractivity contribution is 0.112. The molecule has 0 bridgehead atoms. The summed E-state index contributed by atoms with van der Waals surface area (Å²) < 4.78 is 39.1. The summed E-state index contributed by atoms with van der Waals surface area (Å²) in [5.74, 6) is -2.42. The van der Waals surface area contributed by atoms with Crippen LogP contribution in [0.2, 0.25) is 0 Å². The van der Waals surface area contributed by atoms with Crippen LogP contribution in [0.5, 0.6) is 0 Å². The molecule has 0 unspecified atom stereocenters. The lowest BCUT2D eigenvalue weighted by atomic mass is 10.1. The van der Waals surface area contributed by atoms with Gasteiger partial charge < -0.3 is 0 Å². The maximum atomic E-state index is 13.2. The van der Waals surface area contributed by atoms with Crippen molar-refractivity contribution in [1.29, 1.82) is 0 Å². The number of benzene rings is 2. The van der Waals surface area contributed by atoms with E-state index >= 15 is 0 Å². The Balaban J connectivity index is 2.87. The number of fused-ring (bicyclic) bond motifs is 1. The van der Waals surface area contributed by atoms with Gasteiger partial charge in [-0.3, -0.25) is 4.79 Å². The Morgan fingerprint density at radius 1 is 0.933 bits per heavy atom. The van der Waals surface area contributed by atoms with Crippen LogP contribution < -0.4 is 0 Å². The second-order valence-electron chi connectivity index (χ2n) is 3.10. The molecule has 0 atom stereocenters. The van der Waals surface area contributed by atoms with Crippen molar-refractivity contribution in [1.82, 2.24) is 0 Å². The van der Waals surface area contributed by atoms with Gasteiger partial charge in [-0.2, -0.15) is 0 Å². The minimum Gasteiger partial charge on any atom is -0.298 e. The van der Waals surface area contributed by atoms with Gasteiger partial charge in [-0.1, -0.05) is 0 Å². The minimum atomic E-state index is -0.846. The fraction of sp³-hybridized carbons (Fsp3) is 0. The van der Waals surface area contributed by atoms with E-state index in [1.807, 2.05) is 0 Å². The molecule has 0 aliphatic carbocycles. The number of hydrogen-bond donors (Lipinski definition) is 0. The minimum absolute atomic E-state index is 0.0421. The summed E-state index contributed by atoms with van der Waals surface area (Å²) in [5.41, 5.74) is -0.215. The zero-order valence-corrected chi connectivity index (χ0v) is 7.43. The first-order valence-electron chi connectivity index (χ1n) is 4.15. The summed E-state index contributed by atoms with van der Waals surface area (Å²) in [6.45, 7) is 0. The molecule has 2 aromatic rings. The Hall–Kier alpha value is -1.84. The monoisotopic (exact) mass is 210 g/mol. The number of hydrogen-bond acceptors (Lipinski definition) is 1. The van der Waals surface area contributed by atoms with E-state index in [4.69, 9.17) is 0 Å². The smallest absolute Gasteiger partial charge is 0.153 e. The number of rotatable bonds is 1. The average molecular weight is 210 g/mol. The van der Waals surface area contributed by atoms with E-state index in [2.05, 4.69) is 0 Å². The number of halogens is 3. The summed E-state index contributed by atoms with van der Waals surface area (Å²) >= 11 is 0. The van der Waals surface area contributed by atoms with Crippen LogP contribution in [0.25, 0.3) is 10.8 Å². The van der Waals surface area contributed by atoms with Crippen LogP contribution in [-0.4, -0.2) is 6.29 Å². The summed E-state index contributed by atoms with van der Waals surface area (Å²) in [4.78, 5) is 10.4. The molecule has 0 fully saturated rings. The van der Waals surface area contributed by atoms with Gasteiger partial charge in [0, 0.05) is 11.5 Å².